The predicted octanol–water partition coefficient (Wildman–Crippen LogP) is 2.66. The molecule has 0 fully saturated rings. The van der Waals surface area contributed by atoms with Crippen molar-refractivity contribution in [3.05, 3.63) is 11.9 Å². The first-order chi connectivity index (χ1) is 7.69. The monoisotopic (exact) mass is 236 g/mol. The molecule has 0 bridgehead atoms. The fourth-order valence-corrected chi connectivity index (χ4v) is 1.72. The van der Waals surface area contributed by atoms with E-state index in [1.165, 1.54) is 0 Å². The van der Waals surface area contributed by atoms with Crippen LogP contribution in [0.5, 0.6) is 0 Å². The molecule has 1 aromatic heterocycles. The average molecular weight is 236 g/mol. The zero-order chi connectivity index (χ0) is 13.2. The zero-order valence-corrected chi connectivity index (χ0v) is 11.8. The largest absolute Gasteiger partial charge is 0.384 e. The van der Waals surface area contributed by atoms with Crippen molar-refractivity contribution in [1.82, 2.24) is 9.97 Å². The van der Waals surface area contributed by atoms with Crippen molar-refractivity contribution in [3.63, 3.8) is 0 Å². The molecule has 2 N–H and O–H groups in total. The van der Waals surface area contributed by atoms with E-state index in [4.69, 9.17) is 5.73 Å². The van der Waals surface area contributed by atoms with Gasteiger partial charge in [-0.15, -0.1) is 0 Å². The van der Waals surface area contributed by atoms with Crippen LogP contribution in [-0.4, -0.2) is 23.6 Å². The van der Waals surface area contributed by atoms with Crippen molar-refractivity contribution in [1.29, 1.82) is 0 Å². The lowest BCUT2D eigenvalue weighted by molar-refractivity contribution is 0.417. The molecule has 0 aromatic carbocycles. The van der Waals surface area contributed by atoms with Crippen molar-refractivity contribution in [3.8, 4) is 0 Å². The molecule has 0 saturated carbocycles. The van der Waals surface area contributed by atoms with Crippen LogP contribution in [0.4, 0.5) is 11.6 Å². The van der Waals surface area contributed by atoms with Gasteiger partial charge < -0.3 is 10.6 Å². The van der Waals surface area contributed by atoms with Gasteiger partial charge in [0.05, 0.1) is 0 Å². The molecule has 1 heterocycles. The normalized spacial score (nSPS) is 11.9. The third-order valence-corrected chi connectivity index (χ3v) is 2.37. The van der Waals surface area contributed by atoms with Gasteiger partial charge in [0.15, 0.2) is 0 Å². The Bertz CT molecular complexity index is 379. The summed E-state index contributed by atoms with van der Waals surface area (Å²) < 4.78 is 0. The van der Waals surface area contributed by atoms with Gasteiger partial charge in [0.2, 0.25) is 0 Å². The topological polar surface area (TPSA) is 55.0 Å². The van der Waals surface area contributed by atoms with Gasteiger partial charge in [-0.2, -0.15) is 0 Å². The summed E-state index contributed by atoms with van der Waals surface area (Å²) in [5, 5.41) is 0. The van der Waals surface area contributed by atoms with Gasteiger partial charge in [-0.05, 0) is 5.41 Å². The highest BCUT2D eigenvalue weighted by molar-refractivity contribution is 5.46. The summed E-state index contributed by atoms with van der Waals surface area (Å²) in [7, 11) is 2.04. The molecule has 0 saturated heterocycles. The molecule has 0 amide bonds. The molecule has 0 aliphatic heterocycles. The Morgan fingerprint density at radius 2 is 1.88 bits per heavy atom. The van der Waals surface area contributed by atoms with Crippen LogP contribution < -0.4 is 10.6 Å². The SMILES string of the molecule is CC(C)c1nc(N)cc(N(C)CC(C)(C)C)n1. The highest BCUT2D eigenvalue weighted by Gasteiger charge is 2.16. The zero-order valence-electron chi connectivity index (χ0n) is 11.8. The molecule has 1 aromatic rings. The molecule has 0 radical (unpaired) electrons. The van der Waals surface area contributed by atoms with E-state index >= 15 is 0 Å². The summed E-state index contributed by atoms with van der Waals surface area (Å²) in [6.45, 7) is 11.7. The summed E-state index contributed by atoms with van der Waals surface area (Å²) in [5.74, 6) is 2.54. The molecule has 0 atom stereocenters. The molecular formula is C13H24N4. The number of hydrogen-bond acceptors (Lipinski definition) is 4. The molecule has 4 heteroatoms. The third-order valence-electron chi connectivity index (χ3n) is 2.37. The smallest absolute Gasteiger partial charge is 0.135 e. The Kier molecular flexibility index (Phi) is 3.96. The van der Waals surface area contributed by atoms with E-state index < -0.39 is 0 Å². The summed E-state index contributed by atoms with van der Waals surface area (Å²) in [4.78, 5) is 10.9. The van der Waals surface area contributed by atoms with E-state index in [-0.39, 0.29) is 5.41 Å². The summed E-state index contributed by atoms with van der Waals surface area (Å²) in [5.41, 5.74) is 6.05. The molecule has 4 nitrogen and oxygen atoms in total. The minimum absolute atomic E-state index is 0.229. The average Bonchev–Trinajstić information content (AvgIpc) is 2.13. The summed E-state index contributed by atoms with van der Waals surface area (Å²) >= 11 is 0. The number of nitrogens with zero attached hydrogens (tertiary/aromatic N) is 3. The molecule has 0 aliphatic rings. The van der Waals surface area contributed by atoms with Crippen molar-refractivity contribution >= 4 is 11.6 Å². The number of nitrogens with two attached hydrogens (primary N) is 1. The lowest BCUT2D eigenvalue weighted by Crippen LogP contribution is -2.30. The minimum Gasteiger partial charge on any atom is -0.384 e. The Hall–Kier alpha value is -1.32. The second-order valence-electron chi connectivity index (χ2n) is 6.08. The molecule has 0 unspecified atom stereocenters. The van der Waals surface area contributed by atoms with Gasteiger partial charge >= 0.3 is 0 Å². The molecule has 1 rings (SSSR count). The van der Waals surface area contributed by atoms with E-state index in [1.807, 2.05) is 13.1 Å². The highest BCUT2D eigenvalue weighted by Crippen LogP contribution is 2.21. The Morgan fingerprint density at radius 3 is 2.35 bits per heavy atom. The molecular weight excluding hydrogens is 212 g/mol. The quantitative estimate of drug-likeness (QED) is 0.876. The van der Waals surface area contributed by atoms with Gasteiger partial charge in [-0.25, -0.2) is 9.97 Å². The molecule has 0 aliphatic carbocycles. The van der Waals surface area contributed by atoms with Crippen LogP contribution in [0.25, 0.3) is 0 Å². The predicted molar refractivity (Wildman–Crippen MR) is 73.3 cm³/mol. The van der Waals surface area contributed by atoms with Gasteiger partial charge in [0.1, 0.15) is 17.5 Å². The summed E-state index contributed by atoms with van der Waals surface area (Å²) in [6, 6.07) is 1.83. The first-order valence-corrected chi connectivity index (χ1v) is 6.04. The van der Waals surface area contributed by atoms with E-state index in [2.05, 4.69) is 49.5 Å². The van der Waals surface area contributed by atoms with Crippen LogP contribution in [0.3, 0.4) is 0 Å². The van der Waals surface area contributed by atoms with Crippen LogP contribution in [0.1, 0.15) is 46.4 Å². The van der Waals surface area contributed by atoms with Crippen LogP contribution in [-0.2, 0) is 0 Å². The maximum absolute atomic E-state index is 5.82. The Labute approximate surface area is 104 Å². The maximum atomic E-state index is 5.82. The second kappa shape index (κ2) is 4.90. The number of aromatic nitrogens is 2. The number of hydrogen-bond donors (Lipinski definition) is 1. The first kappa shape index (κ1) is 13.7. The van der Waals surface area contributed by atoms with E-state index in [1.54, 1.807) is 0 Å². The number of anilines is 2. The third kappa shape index (κ3) is 4.21. The van der Waals surface area contributed by atoms with Crippen molar-refractivity contribution in [2.75, 3.05) is 24.2 Å². The Balaban J connectivity index is 2.97. The van der Waals surface area contributed by atoms with E-state index in [0.29, 0.717) is 11.7 Å². The van der Waals surface area contributed by atoms with Crippen LogP contribution in [0.2, 0.25) is 0 Å². The van der Waals surface area contributed by atoms with E-state index in [9.17, 15) is 0 Å². The number of rotatable bonds is 3. The van der Waals surface area contributed by atoms with Crippen LogP contribution in [0, 0.1) is 5.41 Å². The fraction of sp³-hybridized carbons (Fsp3) is 0.692. The van der Waals surface area contributed by atoms with Crippen LogP contribution in [0.15, 0.2) is 6.07 Å². The van der Waals surface area contributed by atoms with Crippen LogP contribution >= 0.6 is 0 Å². The second-order valence-corrected chi connectivity index (χ2v) is 6.08. The van der Waals surface area contributed by atoms with Gasteiger partial charge in [-0.1, -0.05) is 34.6 Å². The van der Waals surface area contributed by atoms with Gasteiger partial charge in [-0.3, -0.25) is 0 Å². The lowest BCUT2D eigenvalue weighted by Gasteiger charge is -2.27. The van der Waals surface area contributed by atoms with Crippen molar-refractivity contribution in [2.24, 2.45) is 5.41 Å². The molecule has 17 heavy (non-hydrogen) atoms. The van der Waals surface area contributed by atoms with Crippen molar-refractivity contribution in [2.45, 2.75) is 40.5 Å². The first-order valence-electron chi connectivity index (χ1n) is 6.04. The Morgan fingerprint density at radius 1 is 1.29 bits per heavy atom. The number of nitrogen functional groups attached to an aromatic ring is 1. The van der Waals surface area contributed by atoms with E-state index in [0.717, 1.165) is 18.2 Å². The lowest BCUT2D eigenvalue weighted by atomic mass is 9.96. The fourth-order valence-electron chi connectivity index (χ4n) is 1.72. The maximum Gasteiger partial charge on any atom is 0.135 e. The summed E-state index contributed by atoms with van der Waals surface area (Å²) in [6.07, 6.45) is 0. The van der Waals surface area contributed by atoms with Crippen molar-refractivity contribution < 1.29 is 0 Å². The van der Waals surface area contributed by atoms with Gasteiger partial charge in [0.25, 0.3) is 0 Å². The van der Waals surface area contributed by atoms with Gasteiger partial charge in [0, 0.05) is 25.6 Å². The molecule has 0 spiro atoms. The minimum atomic E-state index is 0.229. The highest BCUT2D eigenvalue weighted by atomic mass is 15.2. The molecule has 96 valence electrons. The standard InChI is InChI=1S/C13H24N4/c1-9(2)12-15-10(14)7-11(16-12)17(6)8-13(3,4)5/h7,9H,8H2,1-6H3,(H2,14,15,16).